The summed E-state index contributed by atoms with van der Waals surface area (Å²) in [5.74, 6) is 0. The number of alkyl halides is 3. The first-order chi connectivity index (χ1) is 10.0. The molecular formula is C15H12F3N3. The molecule has 0 aliphatic heterocycles. The fraction of sp³-hybridized carbons (Fsp3) is 0.133. The van der Waals surface area contributed by atoms with Crippen molar-refractivity contribution >= 4 is 10.9 Å². The third kappa shape index (κ3) is 2.38. The molecular weight excluding hydrogens is 279 g/mol. The van der Waals surface area contributed by atoms with Gasteiger partial charge in [-0.2, -0.15) is 18.3 Å². The van der Waals surface area contributed by atoms with E-state index in [0.717, 1.165) is 11.5 Å². The van der Waals surface area contributed by atoms with Crippen molar-refractivity contribution < 1.29 is 13.2 Å². The number of rotatable bonds is 2. The lowest BCUT2D eigenvalue weighted by atomic mass is 10.1. The Morgan fingerprint density at radius 2 is 1.86 bits per heavy atom. The first-order valence-corrected chi connectivity index (χ1v) is 6.34. The van der Waals surface area contributed by atoms with Crippen molar-refractivity contribution in [1.82, 2.24) is 9.78 Å². The smallest absolute Gasteiger partial charge is 0.326 e. The van der Waals surface area contributed by atoms with Crippen LogP contribution in [0.2, 0.25) is 0 Å². The minimum atomic E-state index is -4.46. The SMILES string of the molecule is NCc1ccc(-n2ncc3ccccc32)c(C(F)(F)F)c1. The second-order valence-electron chi connectivity index (χ2n) is 4.67. The van der Waals surface area contributed by atoms with Gasteiger partial charge < -0.3 is 5.73 Å². The highest BCUT2D eigenvalue weighted by molar-refractivity contribution is 5.80. The minimum absolute atomic E-state index is 0.000833. The highest BCUT2D eigenvalue weighted by Gasteiger charge is 2.34. The van der Waals surface area contributed by atoms with Crippen LogP contribution < -0.4 is 5.73 Å². The molecule has 0 saturated carbocycles. The van der Waals surface area contributed by atoms with Gasteiger partial charge in [-0.05, 0) is 23.8 Å². The molecule has 3 aromatic rings. The second kappa shape index (κ2) is 4.89. The predicted molar refractivity (Wildman–Crippen MR) is 74.0 cm³/mol. The van der Waals surface area contributed by atoms with Crippen LogP contribution in [0.4, 0.5) is 13.2 Å². The number of nitrogens with two attached hydrogens (primary N) is 1. The molecule has 0 atom stereocenters. The molecule has 3 nitrogen and oxygen atoms in total. The number of para-hydroxylation sites is 1. The zero-order valence-corrected chi connectivity index (χ0v) is 10.9. The molecule has 0 radical (unpaired) electrons. The molecule has 21 heavy (non-hydrogen) atoms. The monoisotopic (exact) mass is 291 g/mol. The van der Waals surface area contributed by atoms with E-state index in [4.69, 9.17) is 5.73 Å². The zero-order valence-electron chi connectivity index (χ0n) is 10.9. The van der Waals surface area contributed by atoms with Crippen molar-refractivity contribution in [2.75, 3.05) is 0 Å². The number of hydrogen-bond donors (Lipinski definition) is 1. The molecule has 2 aromatic carbocycles. The van der Waals surface area contributed by atoms with Gasteiger partial charge in [0.15, 0.2) is 0 Å². The quantitative estimate of drug-likeness (QED) is 0.785. The third-order valence-corrected chi connectivity index (χ3v) is 3.31. The summed E-state index contributed by atoms with van der Waals surface area (Å²) < 4.78 is 41.1. The van der Waals surface area contributed by atoms with Gasteiger partial charge in [0.2, 0.25) is 0 Å². The molecule has 6 heteroatoms. The van der Waals surface area contributed by atoms with E-state index >= 15 is 0 Å². The highest BCUT2D eigenvalue weighted by Crippen LogP contribution is 2.35. The molecule has 2 N–H and O–H groups in total. The van der Waals surface area contributed by atoms with Crippen LogP contribution >= 0.6 is 0 Å². The summed E-state index contributed by atoms with van der Waals surface area (Å²) >= 11 is 0. The lowest BCUT2D eigenvalue weighted by Crippen LogP contribution is -2.13. The normalized spacial score (nSPS) is 12.0. The highest BCUT2D eigenvalue weighted by atomic mass is 19.4. The topological polar surface area (TPSA) is 43.8 Å². The molecule has 1 heterocycles. The van der Waals surface area contributed by atoms with Crippen LogP contribution in [0.15, 0.2) is 48.7 Å². The maximum Gasteiger partial charge on any atom is 0.418 e. The van der Waals surface area contributed by atoms with E-state index in [1.165, 1.54) is 10.7 Å². The molecule has 0 spiro atoms. The van der Waals surface area contributed by atoms with Crippen LogP contribution in [0.25, 0.3) is 16.6 Å². The first-order valence-electron chi connectivity index (χ1n) is 6.34. The van der Waals surface area contributed by atoms with E-state index in [1.807, 2.05) is 6.07 Å². The van der Waals surface area contributed by atoms with Crippen LogP contribution in [0, 0.1) is 0 Å². The second-order valence-corrected chi connectivity index (χ2v) is 4.67. The standard InChI is InChI=1S/C15H12F3N3/c16-15(17,18)12-7-10(8-19)5-6-14(12)21-13-4-2-1-3-11(13)9-20-21/h1-7,9H,8,19H2. The van der Waals surface area contributed by atoms with E-state index in [1.54, 1.807) is 30.5 Å². The Bertz CT molecular complexity index is 790. The van der Waals surface area contributed by atoms with Gasteiger partial charge in [-0.25, -0.2) is 4.68 Å². The van der Waals surface area contributed by atoms with Crippen LogP contribution in [0.5, 0.6) is 0 Å². The van der Waals surface area contributed by atoms with Crippen molar-refractivity contribution in [2.45, 2.75) is 12.7 Å². The summed E-state index contributed by atoms with van der Waals surface area (Å²) in [5.41, 5.74) is 5.76. The Morgan fingerprint density at radius 3 is 2.57 bits per heavy atom. The van der Waals surface area contributed by atoms with Crippen LogP contribution in [0.3, 0.4) is 0 Å². The van der Waals surface area contributed by atoms with Gasteiger partial charge in [0.05, 0.1) is 23.0 Å². The molecule has 0 aliphatic rings. The first kappa shape index (κ1) is 13.6. The summed E-state index contributed by atoms with van der Waals surface area (Å²) in [6, 6.07) is 11.2. The number of benzene rings is 2. The molecule has 1 aromatic heterocycles. The molecule has 0 aliphatic carbocycles. The Kier molecular flexibility index (Phi) is 3.17. The van der Waals surface area contributed by atoms with Gasteiger partial charge in [-0.1, -0.05) is 24.3 Å². The molecule has 108 valence electrons. The lowest BCUT2D eigenvalue weighted by Gasteiger charge is -2.15. The van der Waals surface area contributed by atoms with Crippen molar-refractivity contribution in [3.05, 3.63) is 59.8 Å². The van der Waals surface area contributed by atoms with E-state index in [2.05, 4.69) is 5.10 Å². The van der Waals surface area contributed by atoms with Gasteiger partial charge in [0, 0.05) is 11.9 Å². The van der Waals surface area contributed by atoms with Crippen molar-refractivity contribution in [1.29, 1.82) is 0 Å². The van der Waals surface area contributed by atoms with Gasteiger partial charge >= 0.3 is 6.18 Å². The minimum Gasteiger partial charge on any atom is -0.326 e. The molecule has 0 unspecified atom stereocenters. The Balaban J connectivity index is 2.27. The van der Waals surface area contributed by atoms with Gasteiger partial charge in [0.1, 0.15) is 0 Å². The van der Waals surface area contributed by atoms with Crippen LogP contribution in [-0.4, -0.2) is 9.78 Å². The van der Waals surface area contributed by atoms with Crippen molar-refractivity contribution in [3.8, 4) is 5.69 Å². The Morgan fingerprint density at radius 1 is 1.10 bits per heavy atom. The van der Waals surface area contributed by atoms with Crippen molar-refractivity contribution in [2.24, 2.45) is 5.73 Å². The molecule has 0 amide bonds. The number of hydrogen-bond acceptors (Lipinski definition) is 2. The molecule has 0 bridgehead atoms. The third-order valence-electron chi connectivity index (χ3n) is 3.31. The van der Waals surface area contributed by atoms with E-state index in [0.29, 0.717) is 11.1 Å². The lowest BCUT2D eigenvalue weighted by molar-refractivity contribution is -0.137. The summed E-state index contributed by atoms with van der Waals surface area (Å²) in [6.07, 6.45) is -2.92. The number of fused-ring (bicyclic) bond motifs is 1. The van der Waals surface area contributed by atoms with Gasteiger partial charge in [-0.3, -0.25) is 0 Å². The molecule has 0 fully saturated rings. The van der Waals surface area contributed by atoms with Gasteiger partial charge in [0.25, 0.3) is 0 Å². The van der Waals surface area contributed by atoms with E-state index in [9.17, 15) is 13.2 Å². The maximum absolute atomic E-state index is 13.3. The number of aromatic nitrogens is 2. The summed E-state index contributed by atoms with van der Waals surface area (Å²) in [4.78, 5) is 0. The fourth-order valence-corrected chi connectivity index (χ4v) is 2.29. The predicted octanol–water partition coefficient (Wildman–Crippen LogP) is 3.50. The Hall–Kier alpha value is -2.34. The maximum atomic E-state index is 13.3. The summed E-state index contributed by atoms with van der Waals surface area (Å²) in [5, 5.41) is 4.87. The summed E-state index contributed by atoms with van der Waals surface area (Å²) in [6.45, 7) is 0.0587. The largest absolute Gasteiger partial charge is 0.418 e. The van der Waals surface area contributed by atoms with Crippen molar-refractivity contribution in [3.63, 3.8) is 0 Å². The molecule has 3 rings (SSSR count). The fourth-order valence-electron chi connectivity index (χ4n) is 2.29. The van der Waals surface area contributed by atoms with E-state index < -0.39 is 11.7 Å². The van der Waals surface area contributed by atoms with Crippen LogP contribution in [0.1, 0.15) is 11.1 Å². The number of nitrogens with zero attached hydrogens (tertiary/aromatic N) is 2. The van der Waals surface area contributed by atoms with E-state index in [-0.39, 0.29) is 12.2 Å². The number of halogens is 3. The zero-order chi connectivity index (χ0) is 15.0. The van der Waals surface area contributed by atoms with Crippen LogP contribution in [-0.2, 0) is 12.7 Å². The summed E-state index contributed by atoms with van der Waals surface area (Å²) in [7, 11) is 0. The molecule has 0 saturated heterocycles. The average molecular weight is 291 g/mol. The Labute approximate surface area is 118 Å². The van der Waals surface area contributed by atoms with Gasteiger partial charge in [-0.15, -0.1) is 0 Å². The average Bonchev–Trinajstić information content (AvgIpc) is 2.89.